The second-order valence-electron chi connectivity index (χ2n) is 7.11. The van der Waals surface area contributed by atoms with Crippen LogP contribution in [0.2, 0.25) is 0 Å². The standard InChI is InChI=1S/C21H27N3O3S2/c1-2-3-4-15-5-7-16(8-6-15)22-13-17-9-10-19(25)24(17)11-12-28-21-23-18(14-29-21)20(26)27/h5-8,14,17,22H,2-4,9-13H2,1H3,(H,26,27)/t17-/m1/s1. The first kappa shape index (κ1) is 21.6. The number of nitrogens with zero attached hydrogens (tertiary/aromatic N) is 2. The normalized spacial score (nSPS) is 16.4. The SMILES string of the molecule is CCCCc1ccc(NC[C@H]2CCC(=O)N2CCSc2nc(C(=O)O)cs2)cc1. The first-order valence-corrected chi connectivity index (χ1v) is 11.9. The molecule has 156 valence electrons. The van der Waals surface area contributed by atoms with Gasteiger partial charge in [-0.3, -0.25) is 4.79 Å². The minimum absolute atomic E-state index is 0.0811. The Labute approximate surface area is 179 Å². The van der Waals surface area contributed by atoms with Gasteiger partial charge in [-0.05, 0) is 37.0 Å². The molecule has 1 fully saturated rings. The van der Waals surface area contributed by atoms with E-state index in [1.807, 2.05) is 4.90 Å². The van der Waals surface area contributed by atoms with Crippen LogP contribution >= 0.6 is 23.1 Å². The summed E-state index contributed by atoms with van der Waals surface area (Å²) in [7, 11) is 0. The van der Waals surface area contributed by atoms with E-state index in [9.17, 15) is 9.59 Å². The van der Waals surface area contributed by atoms with Crippen molar-refractivity contribution in [2.75, 3.05) is 24.2 Å². The van der Waals surface area contributed by atoms with Gasteiger partial charge in [-0.15, -0.1) is 11.3 Å². The summed E-state index contributed by atoms with van der Waals surface area (Å²) in [5.41, 5.74) is 2.53. The molecule has 0 radical (unpaired) electrons. The van der Waals surface area contributed by atoms with Crippen molar-refractivity contribution < 1.29 is 14.7 Å². The molecule has 1 amide bonds. The van der Waals surface area contributed by atoms with E-state index in [2.05, 4.69) is 41.5 Å². The van der Waals surface area contributed by atoms with Crippen LogP contribution < -0.4 is 5.32 Å². The van der Waals surface area contributed by atoms with Crippen LogP contribution in [-0.2, 0) is 11.2 Å². The lowest BCUT2D eigenvalue weighted by molar-refractivity contribution is -0.128. The van der Waals surface area contributed by atoms with E-state index < -0.39 is 5.97 Å². The highest BCUT2D eigenvalue weighted by molar-refractivity contribution is 8.01. The van der Waals surface area contributed by atoms with Gasteiger partial charge in [0.05, 0.1) is 0 Å². The molecule has 6 nitrogen and oxygen atoms in total. The van der Waals surface area contributed by atoms with E-state index in [0.717, 1.165) is 29.4 Å². The number of hydrogen-bond donors (Lipinski definition) is 2. The fourth-order valence-electron chi connectivity index (χ4n) is 3.37. The number of thiazole rings is 1. The number of aromatic nitrogens is 1. The van der Waals surface area contributed by atoms with Crippen LogP contribution in [0.15, 0.2) is 34.0 Å². The highest BCUT2D eigenvalue weighted by Crippen LogP contribution is 2.25. The smallest absolute Gasteiger partial charge is 0.355 e. The number of benzene rings is 1. The van der Waals surface area contributed by atoms with E-state index in [4.69, 9.17) is 5.11 Å². The van der Waals surface area contributed by atoms with E-state index >= 15 is 0 Å². The molecule has 1 atom stereocenters. The first-order valence-electron chi connectivity index (χ1n) is 10.0. The van der Waals surface area contributed by atoms with Gasteiger partial charge in [-0.25, -0.2) is 9.78 Å². The topological polar surface area (TPSA) is 82.5 Å². The molecule has 0 aliphatic carbocycles. The molecular weight excluding hydrogens is 406 g/mol. The van der Waals surface area contributed by atoms with E-state index in [-0.39, 0.29) is 17.6 Å². The summed E-state index contributed by atoms with van der Waals surface area (Å²) in [6.45, 7) is 3.59. The molecule has 1 aliphatic heterocycles. The van der Waals surface area contributed by atoms with Gasteiger partial charge in [0.25, 0.3) is 0 Å². The molecule has 1 aromatic heterocycles. The first-order chi connectivity index (χ1) is 14.1. The Morgan fingerprint density at radius 1 is 1.38 bits per heavy atom. The number of carboxylic acids is 1. The Balaban J connectivity index is 1.46. The molecule has 2 heterocycles. The Hall–Kier alpha value is -2.06. The lowest BCUT2D eigenvalue weighted by Gasteiger charge is -2.25. The molecule has 1 aliphatic rings. The number of aryl methyl sites for hydroxylation is 1. The zero-order valence-electron chi connectivity index (χ0n) is 16.6. The largest absolute Gasteiger partial charge is 0.476 e. The lowest BCUT2D eigenvalue weighted by Crippen LogP contribution is -2.39. The van der Waals surface area contributed by atoms with Gasteiger partial charge < -0.3 is 15.3 Å². The predicted molar refractivity (Wildman–Crippen MR) is 118 cm³/mol. The van der Waals surface area contributed by atoms with Crippen LogP contribution in [0.25, 0.3) is 0 Å². The van der Waals surface area contributed by atoms with Crippen molar-refractivity contribution in [2.24, 2.45) is 0 Å². The molecule has 8 heteroatoms. The van der Waals surface area contributed by atoms with Gasteiger partial charge in [0, 0.05) is 42.4 Å². The number of carbonyl (C=O) groups excluding carboxylic acids is 1. The molecule has 0 spiro atoms. The Kier molecular flexibility index (Phi) is 7.94. The van der Waals surface area contributed by atoms with Crippen LogP contribution in [-0.4, -0.2) is 51.8 Å². The fourth-order valence-corrected chi connectivity index (χ4v) is 5.18. The molecule has 1 saturated heterocycles. The summed E-state index contributed by atoms with van der Waals surface area (Å²) in [5.74, 6) is -0.106. The quantitative estimate of drug-likeness (QED) is 0.512. The van der Waals surface area contributed by atoms with Crippen LogP contribution in [0, 0.1) is 0 Å². The van der Waals surface area contributed by atoms with Crippen molar-refractivity contribution in [3.05, 3.63) is 40.9 Å². The molecule has 2 N–H and O–H groups in total. The minimum atomic E-state index is -1.01. The Morgan fingerprint density at radius 3 is 2.86 bits per heavy atom. The summed E-state index contributed by atoms with van der Waals surface area (Å²) in [6, 6.07) is 8.76. The number of thioether (sulfide) groups is 1. The molecular formula is C21H27N3O3S2. The number of nitrogens with one attached hydrogen (secondary N) is 1. The Bertz CT molecular complexity index is 823. The van der Waals surface area contributed by atoms with E-state index in [1.54, 1.807) is 5.38 Å². The average molecular weight is 434 g/mol. The van der Waals surface area contributed by atoms with Crippen molar-refractivity contribution in [3.8, 4) is 0 Å². The molecule has 3 rings (SSSR count). The van der Waals surface area contributed by atoms with Gasteiger partial charge in [-0.1, -0.05) is 37.2 Å². The third-order valence-corrected chi connectivity index (χ3v) is 7.03. The molecule has 0 unspecified atom stereocenters. The van der Waals surface area contributed by atoms with Gasteiger partial charge in [0.1, 0.15) is 0 Å². The van der Waals surface area contributed by atoms with Crippen LogP contribution in [0.4, 0.5) is 5.69 Å². The summed E-state index contributed by atoms with van der Waals surface area (Å²) in [6.07, 6.45) is 4.99. The summed E-state index contributed by atoms with van der Waals surface area (Å²) in [5, 5.41) is 14.0. The van der Waals surface area contributed by atoms with Gasteiger partial charge in [-0.2, -0.15) is 0 Å². The van der Waals surface area contributed by atoms with Gasteiger partial charge >= 0.3 is 5.97 Å². The minimum Gasteiger partial charge on any atom is -0.476 e. The fraction of sp³-hybridized carbons (Fsp3) is 0.476. The van der Waals surface area contributed by atoms with Gasteiger partial charge in [0.2, 0.25) is 5.91 Å². The Morgan fingerprint density at radius 2 is 2.17 bits per heavy atom. The second-order valence-corrected chi connectivity index (χ2v) is 9.31. The number of likely N-dealkylation sites (tertiary alicyclic amines) is 1. The number of amides is 1. The molecule has 1 aromatic carbocycles. The number of carboxylic acid groups (broad SMARTS) is 1. The third kappa shape index (κ3) is 6.21. The van der Waals surface area contributed by atoms with Crippen molar-refractivity contribution in [3.63, 3.8) is 0 Å². The summed E-state index contributed by atoms with van der Waals surface area (Å²) < 4.78 is 0.729. The van der Waals surface area contributed by atoms with Gasteiger partial charge in [0.15, 0.2) is 10.0 Å². The molecule has 2 aromatic rings. The maximum Gasteiger partial charge on any atom is 0.355 e. The maximum atomic E-state index is 12.3. The summed E-state index contributed by atoms with van der Waals surface area (Å²) in [4.78, 5) is 29.2. The van der Waals surface area contributed by atoms with Crippen molar-refractivity contribution in [1.82, 2.24) is 9.88 Å². The molecule has 0 bridgehead atoms. The number of anilines is 1. The van der Waals surface area contributed by atoms with E-state index in [1.165, 1.54) is 41.5 Å². The highest BCUT2D eigenvalue weighted by atomic mass is 32.2. The lowest BCUT2D eigenvalue weighted by atomic mass is 10.1. The zero-order valence-corrected chi connectivity index (χ0v) is 18.2. The molecule has 29 heavy (non-hydrogen) atoms. The number of carbonyl (C=O) groups is 2. The molecule has 0 saturated carbocycles. The van der Waals surface area contributed by atoms with E-state index in [0.29, 0.717) is 18.7 Å². The predicted octanol–water partition coefficient (Wildman–Crippen LogP) is 4.38. The highest BCUT2D eigenvalue weighted by Gasteiger charge is 2.30. The van der Waals surface area contributed by atoms with Crippen molar-refractivity contribution >= 4 is 40.7 Å². The zero-order chi connectivity index (χ0) is 20.6. The number of aromatic carboxylic acids is 1. The number of rotatable bonds is 11. The maximum absolute atomic E-state index is 12.3. The van der Waals surface area contributed by atoms with Crippen LogP contribution in [0.1, 0.15) is 48.7 Å². The van der Waals surface area contributed by atoms with Crippen molar-refractivity contribution in [2.45, 2.75) is 49.4 Å². The van der Waals surface area contributed by atoms with Crippen LogP contribution in [0.5, 0.6) is 0 Å². The monoisotopic (exact) mass is 433 g/mol. The average Bonchev–Trinajstić information content (AvgIpc) is 3.33. The second kappa shape index (κ2) is 10.6. The summed E-state index contributed by atoms with van der Waals surface area (Å²) >= 11 is 2.83. The third-order valence-electron chi connectivity index (χ3n) is 5.03. The van der Waals surface area contributed by atoms with Crippen molar-refractivity contribution in [1.29, 1.82) is 0 Å². The number of unbranched alkanes of at least 4 members (excludes halogenated alkanes) is 1. The van der Waals surface area contributed by atoms with Crippen LogP contribution in [0.3, 0.4) is 0 Å². The number of hydrogen-bond acceptors (Lipinski definition) is 6.